The van der Waals surface area contributed by atoms with Gasteiger partial charge in [-0.15, -0.1) is 10.2 Å². The molecular formula is C22H30FN5O3S. The van der Waals surface area contributed by atoms with Crippen LogP contribution >= 0.6 is 11.8 Å². The van der Waals surface area contributed by atoms with Crippen molar-refractivity contribution in [2.24, 2.45) is 0 Å². The number of rotatable bonds is 9. The zero-order chi connectivity index (χ0) is 23.1. The molecule has 0 unspecified atom stereocenters. The zero-order valence-electron chi connectivity index (χ0n) is 18.8. The number of amides is 2. The maximum atomic E-state index is 13.9. The Kier molecular flexibility index (Phi) is 8.49. The molecular weight excluding hydrogens is 433 g/mol. The highest BCUT2D eigenvalue weighted by Gasteiger charge is 2.21. The van der Waals surface area contributed by atoms with Crippen LogP contribution in [0.5, 0.6) is 5.75 Å². The largest absolute Gasteiger partial charge is 0.494 e. The summed E-state index contributed by atoms with van der Waals surface area (Å²) in [5, 5.41) is 9.19. The molecule has 0 N–H and O–H groups in total. The van der Waals surface area contributed by atoms with Crippen LogP contribution in [0.15, 0.2) is 23.4 Å². The van der Waals surface area contributed by atoms with Gasteiger partial charge < -0.3 is 19.1 Å². The van der Waals surface area contributed by atoms with Crippen molar-refractivity contribution in [1.82, 2.24) is 24.6 Å². The van der Waals surface area contributed by atoms with Crippen molar-refractivity contribution in [2.45, 2.75) is 57.4 Å². The molecule has 1 aliphatic heterocycles. The number of methoxy groups -OCH3 is 1. The molecule has 0 bridgehead atoms. The number of hydrogen-bond acceptors (Lipinski definition) is 6. The van der Waals surface area contributed by atoms with Gasteiger partial charge >= 0.3 is 0 Å². The molecule has 1 fully saturated rings. The van der Waals surface area contributed by atoms with Crippen LogP contribution in [0.1, 0.15) is 44.0 Å². The Morgan fingerprint density at radius 2 is 2.09 bits per heavy atom. The lowest BCUT2D eigenvalue weighted by Gasteiger charge is -2.20. The van der Waals surface area contributed by atoms with Gasteiger partial charge in [0.15, 0.2) is 22.5 Å². The Morgan fingerprint density at radius 1 is 1.28 bits per heavy atom. The summed E-state index contributed by atoms with van der Waals surface area (Å²) in [6, 6.07) is 4.67. The molecule has 0 radical (unpaired) electrons. The third-order valence-electron chi connectivity index (χ3n) is 5.50. The molecule has 8 nitrogen and oxygen atoms in total. The summed E-state index contributed by atoms with van der Waals surface area (Å²) in [7, 11) is 3.10. The van der Waals surface area contributed by atoms with E-state index in [-0.39, 0.29) is 23.3 Å². The summed E-state index contributed by atoms with van der Waals surface area (Å²) in [4.78, 5) is 28.3. The zero-order valence-corrected chi connectivity index (χ0v) is 19.7. The average molecular weight is 464 g/mol. The monoisotopic (exact) mass is 463 g/mol. The Bertz CT molecular complexity index is 952. The minimum atomic E-state index is -0.452. The standard InChI is InChI=1S/C22H30FN5O3S/c1-4-28-19(14-27-11-7-5-6-8-20(27)29)24-25-22(28)32-15-21(30)26(2)13-16-9-10-18(31-3)17(23)12-16/h9-10,12H,4-8,11,13-15H2,1-3H3. The first-order valence-electron chi connectivity index (χ1n) is 10.8. The van der Waals surface area contributed by atoms with Crippen LogP contribution in [0.3, 0.4) is 0 Å². The number of nitrogens with zero attached hydrogens (tertiary/aromatic N) is 5. The molecule has 0 atom stereocenters. The molecule has 2 aromatic rings. The topological polar surface area (TPSA) is 80.6 Å². The van der Waals surface area contributed by atoms with Crippen molar-refractivity contribution in [3.63, 3.8) is 0 Å². The molecule has 1 aromatic carbocycles. The van der Waals surface area contributed by atoms with Gasteiger partial charge in [0.1, 0.15) is 0 Å². The van der Waals surface area contributed by atoms with Crippen LogP contribution in [-0.4, -0.2) is 62.8 Å². The Morgan fingerprint density at radius 3 is 2.81 bits per heavy atom. The molecule has 0 saturated carbocycles. The molecule has 1 aliphatic rings. The summed E-state index contributed by atoms with van der Waals surface area (Å²) in [6.07, 6.45) is 3.60. The first-order chi connectivity index (χ1) is 15.4. The van der Waals surface area contributed by atoms with Crippen molar-refractivity contribution in [1.29, 1.82) is 0 Å². The number of aromatic nitrogens is 3. The van der Waals surface area contributed by atoms with Gasteiger partial charge in [0, 0.05) is 33.1 Å². The molecule has 0 aliphatic carbocycles. The second-order valence-electron chi connectivity index (χ2n) is 7.78. The predicted molar refractivity (Wildman–Crippen MR) is 120 cm³/mol. The Labute approximate surface area is 192 Å². The van der Waals surface area contributed by atoms with Crippen LogP contribution in [0.25, 0.3) is 0 Å². The summed E-state index contributed by atoms with van der Waals surface area (Å²) in [5.74, 6) is 0.715. The smallest absolute Gasteiger partial charge is 0.233 e. The van der Waals surface area contributed by atoms with Gasteiger partial charge in [-0.2, -0.15) is 0 Å². The summed E-state index contributed by atoms with van der Waals surface area (Å²) in [6.45, 7) is 4.13. The fourth-order valence-electron chi connectivity index (χ4n) is 3.64. The van der Waals surface area contributed by atoms with E-state index in [9.17, 15) is 14.0 Å². The summed E-state index contributed by atoms with van der Waals surface area (Å²) < 4.78 is 20.8. The number of ether oxygens (including phenoxy) is 1. The number of carbonyl (C=O) groups excluding carboxylic acids is 2. The third-order valence-corrected chi connectivity index (χ3v) is 6.45. The van der Waals surface area contributed by atoms with Crippen molar-refractivity contribution < 1.29 is 18.7 Å². The van der Waals surface area contributed by atoms with E-state index in [1.807, 2.05) is 16.4 Å². The molecule has 2 amide bonds. The summed E-state index contributed by atoms with van der Waals surface area (Å²) in [5.41, 5.74) is 0.685. The Hall–Kier alpha value is -2.62. The lowest BCUT2D eigenvalue weighted by atomic mass is 10.2. The van der Waals surface area contributed by atoms with Crippen molar-refractivity contribution in [3.05, 3.63) is 35.4 Å². The molecule has 10 heteroatoms. The quantitative estimate of drug-likeness (QED) is 0.532. The van der Waals surface area contributed by atoms with Crippen LogP contribution < -0.4 is 4.74 Å². The highest BCUT2D eigenvalue weighted by molar-refractivity contribution is 7.99. The second-order valence-corrected chi connectivity index (χ2v) is 8.72. The molecule has 1 aromatic heterocycles. The number of benzene rings is 1. The normalized spacial score (nSPS) is 14.4. The minimum absolute atomic E-state index is 0.0962. The van der Waals surface area contributed by atoms with Crippen molar-refractivity contribution in [2.75, 3.05) is 26.5 Å². The molecule has 2 heterocycles. The van der Waals surface area contributed by atoms with Gasteiger partial charge in [-0.3, -0.25) is 9.59 Å². The third kappa shape index (κ3) is 5.99. The van der Waals surface area contributed by atoms with Gasteiger partial charge in [-0.1, -0.05) is 24.2 Å². The van der Waals surface area contributed by atoms with E-state index in [0.717, 1.165) is 31.6 Å². The minimum Gasteiger partial charge on any atom is -0.494 e. The summed E-state index contributed by atoms with van der Waals surface area (Å²) >= 11 is 1.32. The number of thioether (sulfide) groups is 1. The van der Waals surface area contributed by atoms with Crippen LogP contribution in [0.2, 0.25) is 0 Å². The van der Waals surface area contributed by atoms with Crippen molar-refractivity contribution >= 4 is 23.6 Å². The fraction of sp³-hybridized carbons (Fsp3) is 0.545. The van der Waals surface area contributed by atoms with E-state index < -0.39 is 5.82 Å². The van der Waals surface area contributed by atoms with E-state index in [4.69, 9.17) is 4.74 Å². The van der Waals surface area contributed by atoms with Gasteiger partial charge in [0.2, 0.25) is 11.8 Å². The predicted octanol–water partition coefficient (Wildman–Crippen LogP) is 3.10. The van der Waals surface area contributed by atoms with Gasteiger partial charge in [-0.25, -0.2) is 4.39 Å². The highest BCUT2D eigenvalue weighted by Crippen LogP contribution is 2.21. The SMILES string of the molecule is CCn1c(CN2CCCCCC2=O)nnc1SCC(=O)N(C)Cc1ccc(OC)c(F)c1. The van der Waals surface area contributed by atoms with E-state index >= 15 is 0 Å². The highest BCUT2D eigenvalue weighted by atomic mass is 32.2. The lowest BCUT2D eigenvalue weighted by molar-refractivity contribution is -0.131. The van der Waals surface area contributed by atoms with Crippen molar-refractivity contribution in [3.8, 4) is 5.75 Å². The molecule has 0 spiro atoms. The Balaban J connectivity index is 1.58. The number of halogens is 1. The average Bonchev–Trinajstić information content (AvgIpc) is 3.05. The fourth-order valence-corrected chi connectivity index (χ4v) is 4.61. The van der Waals surface area contributed by atoms with Gasteiger partial charge in [-0.05, 0) is 37.5 Å². The first-order valence-corrected chi connectivity index (χ1v) is 11.8. The number of hydrogen-bond donors (Lipinski definition) is 0. The van der Waals surface area contributed by atoms with E-state index in [2.05, 4.69) is 10.2 Å². The maximum absolute atomic E-state index is 13.9. The van der Waals surface area contributed by atoms with Crippen LogP contribution in [0, 0.1) is 5.82 Å². The number of likely N-dealkylation sites (tertiary alicyclic amines) is 1. The van der Waals surface area contributed by atoms with Crippen LogP contribution in [-0.2, 0) is 29.2 Å². The first kappa shape index (κ1) is 24.0. The van der Waals surface area contributed by atoms with E-state index in [1.54, 1.807) is 24.1 Å². The molecule has 32 heavy (non-hydrogen) atoms. The molecule has 174 valence electrons. The molecule has 1 saturated heterocycles. The van der Waals surface area contributed by atoms with Gasteiger partial charge in [0.05, 0.1) is 19.4 Å². The second kappa shape index (κ2) is 11.3. The van der Waals surface area contributed by atoms with E-state index in [1.165, 1.54) is 24.9 Å². The van der Waals surface area contributed by atoms with Crippen LogP contribution in [0.4, 0.5) is 4.39 Å². The molecule has 3 rings (SSSR count). The lowest BCUT2D eigenvalue weighted by Crippen LogP contribution is -2.31. The van der Waals surface area contributed by atoms with Gasteiger partial charge in [0.25, 0.3) is 0 Å². The number of carbonyl (C=O) groups is 2. The van der Waals surface area contributed by atoms with E-state index in [0.29, 0.717) is 36.8 Å². The maximum Gasteiger partial charge on any atom is 0.233 e.